The van der Waals surface area contributed by atoms with Gasteiger partial charge in [-0.15, -0.1) is 0 Å². The van der Waals surface area contributed by atoms with E-state index in [0.717, 1.165) is 12.1 Å². The normalized spacial score (nSPS) is 14.8. The highest BCUT2D eigenvalue weighted by Gasteiger charge is 2.37. The highest BCUT2D eigenvalue weighted by atomic mass is 16.5. The van der Waals surface area contributed by atoms with Crippen molar-refractivity contribution < 1.29 is 28.5 Å². The minimum Gasteiger partial charge on any atom is -0.493 e. The van der Waals surface area contributed by atoms with E-state index in [1.165, 1.54) is 27.4 Å². The number of hydrogen-bond acceptors (Lipinski definition) is 6. The van der Waals surface area contributed by atoms with Gasteiger partial charge in [-0.3, -0.25) is 9.59 Å². The fraction of sp³-hybridized carbons (Fsp3) is 0.429. The number of nitrogens with zero attached hydrogens (tertiary/aromatic N) is 1. The quantitative estimate of drug-likeness (QED) is 0.483. The minimum absolute atomic E-state index is 0.0342. The van der Waals surface area contributed by atoms with Crippen molar-refractivity contribution in [2.45, 2.75) is 34.1 Å². The van der Waals surface area contributed by atoms with Crippen LogP contribution in [0.25, 0.3) is 6.08 Å². The van der Waals surface area contributed by atoms with Gasteiger partial charge in [-0.05, 0) is 62.1 Å². The predicted octanol–water partition coefficient (Wildman–Crippen LogP) is 5.16. The molecule has 0 aromatic heterocycles. The predicted molar refractivity (Wildman–Crippen MR) is 141 cm³/mol. The van der Waals surface area contributed by atoms with Crippen LogP contribution in [0.3, 0.4) is 0 Å². The first-order valence-corrected chi connectivity index (χ1v) is 12.0. The fourth-order valence-corrected chi connectivity index (χ4v) is 3.89. The number of amides is 2. The Labute approximate surface area is 213 Å². The highest BCUT2D eigenvalue weighted by molar-refractivity contribution is 6.03. The van der Waals surface area contributed by atoms with Crippen LogP contribution in [-0.2, 0) is 9.59 Å². The Morgan fingerprint density at radius 2 is 1.78 bits per heavy atom. The monoisotopic (exact) mass is 496 g/mol. The van der Waals surface area contributed by atoms with Crippen LogP contribution in [-0.4, -0.2) is 46.3 Å². The van der Waals surface area contributed by atoms with Gasteiger partial charge in [-0.1, -0.05) is 13.8 Å². The van der Waals surface area contributed by atoms with E-state index in [0.29, 0.717) is 46.7 Å². The Hall–Kier alpha value is -3.68. The average molecular weight is 497 g/mol. The highest BCUT2D eigenvalue weighted by Crippen LogP contribution is 2.39. The summed E-state index contributed by atoms with van der Waals surface area (Å²) < 4.78 is 22.1. The van der Waals surface area contributed by atoms with Gasteiger partial charge in [-0.25, -0.2) is 0 Å². The third kappa shape index (κ3) is 6.11. The number of carbonyl (C=O) groups is 2. The van der Waals surface area contributed by atoms with Gasteiger partial charge < -0.3 is 29.2 Å². The SMILES string of the molecule is COc1cc(/C=C/C(=O)Nc2ccc3c(c2)OCC(C)(C)C(=O)N3CCC(C)C)cc(OC)c1OC. The zero-order valence-corrected chi connectivity index (χ0v) is 22.1. The van der Waals surface area contributed by atoms with Crippen molar-refractivity contribution in [3.8, 4) is 23.0 Å². The number of ether oxygens (including phenoxy) is 4. The van der Waals surface area contributed by atoms with Gasteiger partial charge in [0.2, 0.25) is 17.6 Å². The molecule has 1 aliphatic rings. The van der Waals surface area contributed by atoms with Crippen LogP contribution in [0.2, 0.25) is 0 Å². The van der Waals surface area contributed by atoms with E-state index in [1.807, 2.05) is 19.9 Å². The maximum Gasteiger partial charge on any atom is 0.248 e. The van der Waals surface area contributed by atoms with Crippen LogP contribution in [0.4, 0.5) is 11.4 Å². The number of hydrogen-bond donors (Lipinski definition) is 1. The zero-order chi connectivity index (χ0) is 26.5. The summed E-state index contributed by atoms with van der Waals surface area (Å²) in [4.78, 5) is 27.7. The Morgan fingerprint density at radius 3 is 2.36 bits per heavy atom. The summed E-state index contributed by atoms with van der Waals surface area (Å²) in [7, 11) is 4.61. The van der Waals surface area contributed by atoms with Gasteiger partial charge in [-0.2, -0.15) is 0 Å². The molecule has 1 heterocycles. The van der Waals surface area contributed by atoms with E-state index in [2.05, 4.69) is 19.2 Å². The second kappa shape index (κ2) is 11.4. The molecule has 0 saturated carbocycles. The van der Waals surface area contributed by atoms with Crippen LogP contribution in [0, 0.1) is 11.3 Å². The molecule has 8 nitrogen and oxygen atoms in total. The van der Waals surface area contributed by atoms with Gasteiger partial charge in [0.1, 0.15) is 12.4 Å². The van der Waals surface area contributed by atoms with Crippen LogP contribution < -0.4 is 29.2 Å². The second-order valence-corrected chi connectivity index (χ2v) is 9.78. The summed E-state index contributed by atoms with van der Waals surface area (Å²) in [6.07, 6.45) is 3.97. The lowest BCUT2D eigenvalue weighted by Crippen LogP contribution is -2.42. The lowest BCUT2D eigenvalue weighted by atomic mass is 9.92. The fourth-order valence-electron chi connectivity index (χ4n) is 3.89. The molecule has 0 atom stereocenters. The lowest BCUT2D eigenvalue weighted by molar-refractivity contribution is -0.127. The van der Waals surface area contributed by atoms with E-state index in [9.17, 15) is 9.59 Å². The van der Waals surface area contributed by atoms with Gasteiger partial charge in [0, 0.05) is 24.4 Å². The number of benzene rings is 2. The first-order valence-electron chi connectivity index (χ1n) is 12.0. The standard InChI is InChI=1S/C28H36N2O6/c1-18(2)12-13-30-21-10-9-20(16-22(21)36-17-28(3,4)27(30)32)29-25(31)11-8-19-14-23(33-5)26(35-7)24(15-19)34-6/h8-11,14-16,18H,12-13,17H2,1-7H3,(H,29,31)/b11-8+. The largest absolute Gasteiger partial charge is 0.493 e. The zero-order valence-electron chi connectivity index (χ0n) is 22.1. The molecule has 3 rings (SSSR count). The van der Waals surface area contributed by atoms with Crippen molar-refractivity contribution in [3.05, 3.63) is 42.0 Å². The Kier molecular flexibility index (Phi) is 8.50. The Balaban J connectivity index is 1.80. The minimum atomic E-state index is -0.650. The van der Waals surface area contributed by atoms with Crippen LogP contribution >= 0.6 is 0 Å². The smallest absolute Gasteiger partial charge is 0.248 e. The molecular formula is C28H36N2O6. The van der Waals surface area contributed by atoms with Crippen molar-refractivity contribution in [1.29, 1.82) is 0 Å². The molecule has 0 unspecified atom stereocenters. The third-order valence-corrected chi connectivity index (χ3v) is 5.98. The molecule has 1 aliphatic heterocycles. The number of nitrogens with one attached hydrogen (secondary N) is 1. The molecule has 8 heteroatoms. The van der Waals surface area contributed by atoms with E-state index in [1.54, 1.807) is 35.2 Å². The molecule has 0 aliphatic carbocycles. The number of carbonyl (C=O) groups excluding carboxylic acids is 2. The van der Waals surface area contributed by atoms with E-state index in [4.69, 9.17) is 18.9 Å². The molecule has 194 valence electrons. The van der Waals surface area contributed by atoms with E-state index in [-0.39, 0.29) is 18.4 Å². The Bertz CT molecular complexity index is 1110. The van der Waals surface area contributed by atoms with E-state index >= 15 is 0 Å². The molecule has 1 N–H and O–H groups in total. The molecule has 0 radical (unpaired) electrons. The Morgan fingerprint density at radius 1 is 1.11 bits per heavy atom. The molecule has 2 amide bonds. The van der Waals surface area contributed by atoms with Crippen molar-refractivity contribution >= 4 is 29.3 Å². The van der Waals surface area contributed by atoms with Crippen molar-refractivity contribution in [3.63, 3.8) is 0 Å². The maximum atomic E-state index is 13.2. The van der Waals surface area contributed by atoms with Crippen molar-refractivity contribution in [2.75, 3.05) is 44.7 Å². The number of fused-ring (bicyclic) bond motifs is 1. The number of anilines is 2. The van der Waals surface area contributed by atoms with Gasteiger partial charge in [0.05, 0.1) is 32.4 Å². The number of methoxy groups -OCH3 is 3. The summed E-state index contributed by atoms with van der Waals surface area (Å²) in [5.41, 5.74) is 1.36. The summed E-state index contributed by atoms with van der Waals surface area (Å²) in [5.74, 6) is 2.24. The third-order valence-electron chi connectivity index (χ3n) is 5.98. The van der Waals surface area contributed by atoms with Gasteiger partial charge in [0.25, 0.3) is 0 Å². The molecule has 0 saturated heterocycles. The van der Waals surface area contributed by atoms with Crippen molar-refractivity contribution in [2.24, 2.45) is 11.3 Å². The number of rotatable bonds is 9. The van der Waals surface area contributed by atoms with Crippen LogP contribution in [0.15, 0.2) is 36.4 Å². The van der Waals surface area contributed by atoms with Gasteiger partial charge >= 0.3 is 0 Å². The summed E-state index contributed by atoms with van der Waals surface area (Å²) in [6.45, 7) is 8.92. The molecule has 0 spiro atoms. The molecule has 2 aromatic carbocycles. The van der Waals surface area contributed by atoms with Crippen LogP contribution in [0.1, 0.15) is 39.7 Å². The summed E-state index contributed by atoms with van der Waals surface area (Å²) in [5, 5.41) is 2.86. The van der Waals surface area contributed by atoms with Crippen molar-refractivity contribution in [1.82, 2.24) is 0 Å². The first-order chi connectivity index (χ1) is 17.1. The van der Waals surface area contributed by atoms with Crippen LogP contribution in [0.5, 0.6) is 23.0 Å². The average Bonchev–Trinajstić information content (AvgIpc) is 2.94. The topological polar surface area (TPSA) is 86.3 Å². The molecule has 0 fully saturated rings. The maximum absolute atomic E-state index is 13.2. The van der Waals surface area contributed by atoms with E-state index < -0.39 is 5.41 Å². The second-order valence-electron chi connectivity index (χ2n) is 9.78. The van der Waals surface area contributed by atoms with Gasteiger partial charge in [0.15, 0.2) is 11.5 Å². The summed E-state index contributed by atoms with van der Waals surface area (Å²) >= 11 is 0. The molecule has 36 heavy (non-hydrogen) atoms. The lowest BCUT2D eigenvalue weighted by Gasteiger charge is -2.28. The molecular weight excluding hydrogens is 460 g/mol. The first kappa shape index (κ1) is 26.9. The summed E-state index contributed by atoms with van der Waals surface area (Å²) in [6, 6.07) is 8.88. The molecule has 2 aromatic rings. The molecule has 0 bridgehead atoms.